The third-order valence-corrected chi connectivity index (χ3v) is 7.01. The summed E-state index contributed by atoms with van der Waals surface area (Å²) >= 11 is 0. The summed E-state index contributed by atoms with van der Waals surface area (Å²) in [4.78, 5) is 35.0. The monoisotopic (exact) mass is 464 g/mol. The van der Waals surface area contributed by atoms with Crippen LogP contribution in [0.2, 0.25) is 0 Å². The highest BCUT2D eigenvalue weighted by atomic mass is 32.2. The van der Waals surface area contributed by atoms with Gasteiger partial charge in [-0.05, 0) is 19.1 Å². The maximum absolute atomic E-state index is 12.9. The number of anilines is 1. The minimum absolute atomic E-state index is 0.00492. The molecule has 1 heterocycles. The summed E-state index contributed by atoms with van der Waals surface area (Å²) in [5.41, 5.74) is -0.812. The van der Waals surface area contributed by atoms with E-state index in [0.29, 0.717) is 0 Å². The molecule has 32 heavy (non-hydrogen) atoms. The average molecular weight is 464 g/mol. The molecular weight excluding hydrogens is 444 g/mol. The van der Waals surface area contributed by atoms with Gasteiger partial charge in [-0.1, -0.05) is 17.7 Å². The summed E-state index contributed by atoms with van der Waals surface area (Å²) in [6.45, 7) is 1.92. The highest BCUT2D eigenvalue weighted by Gasteiger charge is 2.35. The van der Waals surface area contributed by atoms with Crippen LogP contribution < -0.4 is 4.90 Å². The molecule has 1 fully saturated rings. The maximum Gasteiger partial charge on any atom is 0.340 e. The minimum atomic E-state index is -3.77. The van der Waals surface area contributed by atoms with E-state index in [0.717, 1.165) is 24.8 Å². The van der Waals surface area contributed by atoms with Crippen LogP contribution in [0.4, 0.5) is 17.1 Å². The molecule has 1 saturated heterocycles. The molecule has 0 amide bonds. The first-order valence-electron chi connectivity index (χ1n) is 9.43. The zero-order chi connectivity index (χ0) is 23.6. The maximum atomic E-state index is 12.9. The Hall–Kier alpha value is -3.58. The van der Waals surface area contributed by atoms with E-state index in [9.17, 15) is 33.4 Å². The number of ether oxygens (including phenoxy) is 1. The second kappa shape index (κ2) is 8.88. The molecule has 0 aliphatic carbocycles. The molecule has 0 bridgehead atoms. The molecule has 0 atom stereocenters. The second-order valence-corrected chi connectivity index (χ2v) is 9.01. The molecule has 1 aliphatic rings. The molecule has 13 heteroatoms. The van der Waals surface area contributed by atoms with Crippen LogP contribution in [-0.2, 0) is 14.8 Å². The van der Waals surface area contributed by atoms with Crippen molar-refractivity contribution in [2.45, 2.75) is 11.8 Å². The molecule has 3 rings (SSSR count). The van der Waals surface area contributed by atoms with E-state index in [4.69, 9.17) is 0 Å². The number of hydrogen-bond acceptors (Lipinski definition) is 9. The quantitative estimate of drug-likeness (QED) is 0.355. The number of nitro benzene ring substituents is 2. The largest absolute Gasteiger partial charge is 0.465 e. The van der Waals surface area contributed by atoms with Gasteiger partial charge in [-0.25, -0.2) is 13.2 Å². The molecule has 0 unspecified atom stereocenters. The van der Waals surface area contributed by atoms with Gasteiger partial charge in [0.15, 0.2) is 0 Å². The lowest BCUT2D eigenvalue weighted by atomic mass is 10.1. The fourth-order valence-electron chi connectivity index (χ4n) is 3.46. The van der Waals surface area contributed by atoms with Crippen LogP contribution in [0, 0.1) is 27.2 Å². The number of esters is 1. The predicted octanol–water partition coefficient (Wildman–Crippen LogP) is 2.11. The van der Waals surface area contributed by atoms with Crippen molar-refractivity contribution >= 4 is 33.1 Å². The van der Waals surface area contributed by atoms with Crippen molar-refractivity contribution in [1.29, 1.82) is 0 Å². The van der Waals surface area contributed by atoms with E-state index in [-0.39, 0.29) is 42.3 Å². The molecule has 12 nitrogen and oxygen atoms in total. The molecule has 0 aromatic heterocycles. The van der Waals surface area contributed by atoms with Crippen molar-refractivity contribution in [1.82, 2.24) is 4.31 Å². The number of aryl methyl sites for hydroxylation is 1. The van der Waals surface area contributed by atoms with Crippen LogP contribution >= 0.6 is 0 Å². The van der Waals surface area contributed by atoms with Crippen molar-refractivity contribution in [2.75, 3.05) is 38.2 Å². The van der Waals surface area contributed by atoms with Crippen LogP contribution in [0.25, 0.3) is 0 Å². The zero-order valence-electron chi connectivity index (χ0n) is 17.3. The van der Waals surface area contributed by atoms with Gasteiger partial charge < -0.3 is 9.64 Å². The molecule has 0 radical (unpaired) electrons. The first kappa shape index (κ1) is 23.1. The summed E-state index contributed by atoms with van der Waals surface area (Å²) in [6.07, 6.45) is 0. The van der Waals surface area contributed by atoms with E-state index in [1.54, 1.807) is 12.1 Å². The Labute approximate surface area is 183 Å². The molecule has 0 spiro atoms. The van der Waals surface area contributed by atoms with E-state index in [2.05, 4.69) is 4.74 Å². The fraction of sp³-hybridized carbons (Fsp3) is 0.316. The first-order chi connectivity index (χ1) is 15.1. The molecule has 2 aromatic rings. The Bertz CT molecular complexity index is 1170. The van der Waals surface area contributed by atoms with Gasteiger partial charge in [0.2, 0.25) is 10.0 Å². The molecule has 0 saturated carbocycles. The Morgan fingerprint density at radius 1 is 1.00 bits per heavy atom. The summed E-state index contributed by atoms with van der Waals surface area (Å²) in [6, 6.07) is 8.08. The minimum Gasteiger partial charge on any atom is -0.465 e. The fourth-order valence-corrected chi connectivity index (χ4v) is 4.88. The Morgan fingerprint density at radius 2 is 1.59 bits per heavy atom. The van der Waals surface area contributed by atoms with Gasteiger partial charge in [-0.15, -0.1) is 0 Å². The predicted molar refractivity (Wildman–Crippen MR) is 113 cm³/mol. The summed E-state index contributed by atoms with van der Waals surface area (Å²) < 4.78 is 31.7. The molecule has 170 valence electrons. The van der Waals surface area contributed by atoms with Crippen LogP contribution in [0.15, 0.2) is 41.3 Å². The number of rotatable bonds is 6. The van der Waals surface area contributed by atoms with Crippen LogP contribution in [0.1, 0.15) is 15.9 Å². The highest BCUT2D eigenvalue weighted by molar-refractivity contribution is 7.89. The molecule has 1 aliphatic heterocycles. The van der Waals surface area contributed by atoms with E-state index >= 15 is 0 Å². The van der Waals surface area contributed by atoms with Crippen LogP contribution in [-0.4, -0.2) is 61.8 Å². The van der Waals surface area contributed by atoms with Crippen molar-refractivity contribution in [3.05, 3.63) is 67.8 Å². The summed E-state index contributed by atoms with van der Waals surface area (Å²) in [5.74, 6) is -0.971. The van der Waals surface area contributed by atoms with Gasteiger partial charge in [-0.2, -0.15) is 4.31 Å². The van der Waals surface area contributed by atoms with Crippen molar-refractivity contribution in [3.8, 4) is 0 Å². The third-order valence-electron chi connectivity index (χ3n) is 5.10. The van der Waals surface area contributed by atoms with Crippen molar-refractivity contribution in [3.63, 3.8) is 0 Å². The van der Waals surface area contributed by atoms with Crippen molar-refractivity contribution in [2.24, 2.45) is 0 Å². The van der Waals surface area contributed by atoms with Gasteiger partial charge >= 0.3 is 5.97 Å². The second-order valence-electron chi connectivity index (χ2n) is 7.07. The number of hydrogen-bond donors (Lipinski definition) is 0. The SMILES string of the molecule is COC(=O)c1cc([N+](=O)[O-])cc([N+](=O)[O-])c1N1CCN(S(=O)(=O)c2ccc(C)cc2)CC1. The van der Waals surface area contributed by atoms with Gasteiger partial charge in [-0.3, -0.25) is 20.2 Å². The Morgan fingerprint density at radius 3 is 2.09 bits per heavy atom. The van der Waals surface area contributed by atoms with Gasteiger partial charge in [0.05, 0.1) is 33.5 Å². The van der Waals surface area contributed by atoms with Crippen LogP contribution in [0.3, 0.4) is 0 Å². The number of non-ortho nitro benzene ring substituents is 1. The van der Waals surface area contributed by atoms with Gasteiger partial charge in [0, 0.05) is 32.2 Å². The van der Waals surface area contributed by atoms with E-state index in [1.165, 1.54) is 21.3 Å². The number of methoxy groups -OCH3 is 1. The van der Waals surface area contributed by atoms with Gasteiger partial charge in [0.1, 0.15) is 5.69 Å². The lowest BCUT2D eigenvalue weighted by Gasteiger charge is -2.35. The van der Waals surface area contributed by atoms with E-state index < -0.39 is 37.2 Å². The lowest BCUT2D eigenvalue weighted by molar-refractivity contribution is -0.393. The number of nitrogens with zero attached hydrogens (tertiary/aromatic N) is 4. The van der Waals surface area contributed by atoms with E-state index in [1.807, 2.05) is 6.92 Å². The molecular formula is C19H20N4O8S. The number of carbonyl (C=O) groups excluding carboxylic acids is 1. The number of piperazine rings is 1. The Balaban J connectivity index is 1.95. The standard InChI is InChI=1S/C19H20N4O8S/c1-13-3-5-15(6-4-13)32(29,30)21-9-7-20(8-10-21)18-16(19(24)31-2)11-14(22(25)26)12-17(18)23(27)28/h3-6,11-12H,7-10H2,1-2H3. The Kier molecular flexibility index (Phi) is 6.41. The number of sulfonamides is 1. The normalized spacial score (nSPS) is 14.8. The topological polar surface area (TPSA) is 153 Å². The van der Waals surface area contributed by atoms with Crippen molar-refractivity contribution < 1.29 is 27.8 Å². The van der Waals surface area contributed by atoms with Gasteiger partial charge in [0.25, 0.3) is 11.4 Å². The number of nitro groups is 2. The number of benzene rings is 2. The lowest BCUT2D eigenvalue weighted by Crippen LogP contribution is -2.49. The molecule has 0 N–H and O–H groups in total. The van der Waals surface area contributed by atoms with Crippen LogP contribution in [0.5, 0.6) is 0 Å². The molecule has 2 aromatic carbocycles. The zero-order valence-corrected chi connectivity index (χ0v) is 18.1. The summed E-state index contributed by atoms with van der Waals surface area (Å²) in [5, 5.41) is 22.8. The first-order valence-corrected chi connectivity index (χ1v) is 10.9. The highest BCUT2D eigenvalue weighted by Crippen LogP contribution is 2.37. The smallest absolute Gasteiger partial charge is 0.340 e. The average Bonchev–Trinajstić information content (AvgIpc) is 2.77. The number of carbonyl (C=O) groups is 1. The summed E-state index contributed by atoms with van der Waals surface area (Å²) in [7, 11) is -2.71. The third kappa shape index (κ3) is 4.38.